The Hall–Kier alpha value is -2.12. The van der Waals surface area contributed by atoms with E-state index in [9.17, 15) is 9.59 Å². The van der Waals surface area contributed by atoms with E-state index in [1.165, 1.54) is 4.90 Å². The molecule has 4 nitrogen and oxygen atoms in total. The molecule has 0 spiro atoms. The van der Waals surface area contributed by atoms with E-state index in [-0.39, 0.29) is 31.4 Å². The Bertz CT molecular complexity index is 608. The smallest absolute Gasteiger partial charge is 0.235 e. The minimum Gasteiger partial charge on any atom is -0.384 e. The predicted octanol–water partition coefficient (Wildman–Crippen LogP) is 1.32. The second-order valence-corrected chi connectivity index (χ2v) is 5.46. The van der Waals surface area contributed by atoms with Gasteiger partial charge in [-0.15, -0.1) is 0 Å². The highest BCUT2D eigenvalue weighted by Crippen LogP contribution is 2.32. The summed E-state index contributed by atoms with van der Waals surface area (Å²) in [5.74, 6) is 5.13. The fourth-order valence-corrected chi connectivity index (χ4v) is 2.27. The number of aliphatic hydroxyl groups excluding tert-OH is 1. The average molecular weight is 271 g/mol. The van der Waals surface area contributed by atoms with Gasteiger partial charge in [0.05, 0.1) is 12.0 Å². The SMILES string of the molecule is CC1(C)CC(=O)N(Cc2ccccc2C#CCO)C1=O. The van der Waals surface area contributed by atoms with Crippen LogP contribution >= 0.6 is 0 Å². The Balaban J connectivity index is 2.27. The molecule has 4 heteroatoms. The summed E-state index contributed by atoms with van der Waals surface area (Å²) < 4.78 is 0. The molecule has 0 unspecified atom stereocenters. The van der Waals surface area contributed by atoms with Crippen molar-refractivity contribution in [1.29, 1.82) is 0 Å². The zero-order chi connectivity index (χ0) is 14.8. The molecule has 0 atom stereocenters. The minimum absolute atomic E-state index is 0.146. The molecule has 1 fully saturated rings. The van der Waals surface area contributed by atoms with Crippen LogP contribution in [0.4, 0.5) is 0 Å². The van der Waals surface area contributed by atoms with E-state index in [4.69, 9.17) is 5.11 Å². The summed E-state index contributed by atoms with van der Waals surface area (Å²) in [4.78, 5) is 25.4. The number of aliphatic hydroxyl groups is 1. The third-order valence-electron chi connectivity index (χ3n) is 3.37. The highest BCUT2D eigenvalue weighted by atomic mass is 16.2. The number of hydrogen-bond donors (Lipinski definition) is 1. The second kappa shape index (κ2) is 5.48. The Morgan fingerprint density at radius 3 is 2.60 bits per heavy atom. The van der Waals surface area contributed by atoms with Gasteiger partial charge >= 0.3 is 0 Å². The number of hydrogen-bond acceptors (Lipinski definition) is 3. The molecule has 1 aliphatic rings. The fourth-order valence-electron chi connectivity index (χ4n) is 2.27. The summed E-state index contributed by atoms with van der Waals surface area (Å²) in [7, 11) is 0. The van der Waals surface area contributed by atoms with Crippen LogP contribution in [0, 0.1) is 17.3 Å². The highest BCUT2D eigenvalue weighted by molar-refractivity contribution is 6.05. The highest BCUT2D eigenvalue weighted by Gasteiger charge is 2.44. The lowest BCUT2D eigenvalue weighted by molar-refractivity contribution is -0.141. The third-order valence-corrected chi connectivity index (χ3v) is 3.37. The standard InChI is InChI=1S/C16H17NO3/c1-16(2)10-14(19)17(15(16)20)11-13-7-4-3-6-12(13)8-5-9-18/h3-4,6-7,18H,9-11H2,1-2H3. The first-order chi connectivity index (χ1) is 9.45. The number of benzene rings is 1. The maximum absolute atomic E-state index is 12.2. The molecular formula is C16H17NO3. The third kappa shape index (κ3) is 2.73. The van der Waals surface area contributed by atoms with Crippen molar-refractivity contribution in [3.05, 3.63) is 35.4 Å². The average Bonchev–Trinajstić information content (AvgIpc) is 2.60. The van der Waals surface area contributed by atoms with Gasteiger partial charge in [0.2, 0.25) is 11.8 Å². The van der Waals surface area contributed by atoms with Gasteiger partial charge in [-0.2, -0.15) is 0 Å². The van der Waals surface area contributed by atoms with E-state index in [1.54, 1.807) is 13.8 Å². The van der Waals surface area contributed by atoms with Gasteiger partial charge in [0.1, 0.15) is 6.61 Å². The summed E-state index contributed by atoms with van der Waals surface area (Å²) in [6, 6.07) is 7.33. The zero-order valence-electron chi connectivity index (χ0n) is 11.6. The van der Waals surface area contributed by atoms with Crippen LogP contribution in [-0.4, -0.2) is 28.4 Å². The zero-order valence-corrected chi connectivity index (χ0v) is 11.6. The van der Waals surface area contributed by atoms with Gasteiger partial charge in [0.15, 0.2) is 0 Å². The quantitative estimate of drug-likeness (QED) is 0.652. The lowest BCUT2D eigenvalue weighted by Crippen LogP contribution is -2.32. The van der Waals surface area contributed by atoms with Gasteiger partial charge in [-0.1, -0.05) is 43.9 Å². The van der Waals surface area contributed by atoms with E-state index in [1.807, 2.05) is 24.3 Å². The molecule has 0 bridgehead atoms. The fraction of sp³-hybridized carbons (Fsp3) is 0.375. The minimum atomic E-state index is -0.622. The van der Waals surface area contributed by atoms with Crippen molar-refractivity contribution in [1.82, 2.24) is 4.90 Å². The van der Waals surface area contributed by atoms with E-state index in [2.05, 4.69) is 11.8 Å². The van der Waals surface area contributed by atoms with E-state index < -0.39 is 5.41 Å². The summed E-state index contributed by atoms with van der Waals surface area (Å²) in [5, 5.41) is 8.76. The van der Waals surface area contributed by atoms with Crippen LogP contribution < -0.4 is 0 Å². The van der Waals surface area contributed by atoms with Gasteiger partial charge in [-0.3, -0.25) is 14.5 Å². The molecule has 1 saturated heterocycles. The lowest BCUT2D eigenvalue weighted by Gasteiger charge is -2.18. The first-order valence-electron chi connectivity index (χ1n) is 6.48. The van der Waals surface area contributed by atoms with Crippen LogP contribution in [0.25, 0.3) is 0 Å². The number of likely N-dealkylation sites (tertiary alicyclic amines) is 1. The number of imide groups is 1. The van der Waals surface area contributed by atoms with Crippen LogP contribution in [-0.2, 0) is 16.1 Å². The Kier molecular flexibility index (Phi) is 3.91. The van der Waals surface area contributed by atoms with Crippen molar-refractivity contribution in [2.75, 3.05) is 6.61 Å². The van der Waals surface area contributed by atoms with Crippen molar-refractivity contribution >= 4 is 11.8 Å². The van der Waals surface area contributed by atoms with Crippen LogP contribution in [0.3, 0.4) is 0 Å². The molecule has 0 aromatic heterocycles. The summed E-state index contributed by atoms with van der Waals surface area (Å²) >= 11 is 0. The Labute approximate surface area is 118 Å². The second-order valence-electron chi connectivity index (χ2n) is 5.46. The van der Waals surface area contributed by atoms with Gasteiger partial charge in [-0.05, 0) is 11.6 Å². The number of rotatable bonds is 2. The molecule has 1 heterocycles. The Morgan fingerprint density at radius 2 is 2.00 bits per heavy atom. The molecule has 2 amide bonds. The maximum Gasteiger partial charge on any atom is 0.235 e. The van der Waals surface area contributed by atoms with E-state index in [0.29, 0.717) is 0 Å². The number of nitrogens with zero attached hydrogens (tertiary/aromatic N) is 1. The molecule has 1 N–H and O–H groups in total. The summed E-state index contributed by atoms with van der Waals surface area (Å²) in [6.07, 6.45) is 0.246. The summed E-state index contributed by atoms with van der Waals surface area (Å²) in [5.41, 5.74) is 0.919. The summed E-state index contributed by atoms with van der Waals surface area (Å²) in [6.45, 7) is 3.58. The van der Waals surface area contributed by atoms with Crippen molar-refractivity contribution in [2.45, 2.75) is 26.8 Å². The number of carbonyl (C=O) groups excluding carboxylic acids is 2. The predicted molar refractivity (Wildman–Crippen MR) is 74.4 cm³/mol. The van der Waals surface area contributed by atoms with E-state index in [0.717, 1.165) is 11.1 Å². The van der Waals surface area contributed by atoms with Crippen LogP contribution in [0.5, 0.6) is 0 Å². The lowest BCUT2D eigenvalue weighted by atomic mass is 9.92. The topological polar surface area (TPSA) is 57.6 Å². The van der Waals surface area contributed by atoms with Crippen LogP contribution in [0.15, 0.2) is 24.3 Å². The van der Waals surface area contributed by atoms with Gasteiger partial charge in [0, 0.05) is 12.0 Å². The van der Waals surface area contributed by atoms with Crippen molar-refractivity contribution < 1.29 is 14.7 Å². The molecule has 0 aliphatic carbocycles. The number of amides is 2. The number of carbonyl (C=O) groups is 2. The Morgan fingerprint density at radius 1 is 1.30 bits per heavy atom. The molecule has 0 radical (unpaired) electrons. The monoisotopic (exact) mass is 271 g/mol. The normalized spacial score (nSPS) is 17.1. The van der Waals surface area contributed by atoms with Crippen LogP contribution in [0.1, 0.15) is 31.4 Å². The van der Waals surface area contributed by atoms with Crippen molar-refractivity contribution in [2.24, 2.45) is 5.41 Å². The van der Waals surface area contributed by atoms with Crippen molar-refractivity contribution in [3.63, 3.8) is 0 Å². The van der Waals surface area contributed by atoms with E-state index >= 15 is 0 Å². The van der Waals surface area contributed by atoms with Crippen LogP contribution in [0.2, 0.25) is 0 Å². The molecule has 104 valence electrons. The van der Waals surface area contributed by atoms with Gasteiger partial charge in [-0.25, -0.2) is 0 Å². The first kappa shape index (κ1) is 14.3. The molecule has 0 saturated carbocycles. The largest absolute Gasteiger partial charge is 0.384 e. The maximum atomic E-state index is 12.2. The first-order valence-corrected chi connectivity index (χ1v) is 6.48. The van der Waals surface area contributed by atoms with Gasteiger partial charge < -0.3 is 5.11 Å². The molecule has 1 aliphatic heterocycles. The molecule has 2 rings (SSSR count). The molecule has 1 aromatic carbocycles. The molecule has 1 aromatic rings. The molecular weight excluding hydrogens is 254 g/mol. The molecule has 20 heavy (non-hydrogen) atoms. The van der Waals surface area contributed by atoms with Gasteiger partial charge in [0.25, 0.3) is 0 Å². The van der Waals surface area contributed by atoms with Crippen molar-refractivity contribution in [3.8, 4) is 11.8 Å².